The predicted molar refractivity (Wildman–Crippen MR) is 112 cm³/mol. The van der Waals surface area contributed by atoms with E-state index in [1.54, 1.807) is 25.2 Å². The zero-order valence-corrected chi connectivity index (χ0v) is 17.5. The van der Waals surface area contributed by atoms with E-state index < -0.39 is 5.82 Å². The number of aromatic nitrogens is 3. The Kier molecular flexibility index (Phi) is 5.97. The topological polar surface area (TPSA) is 92.6 Å². The summed E-state index contributed by atoms with van der Waals surface area (Å²) < 4.78 is 16.6. The van der Waals surface area contributed by atoms with Gasteiger partial charge in [-0.25, -0.2) is 19.4 Å². The van der Waals surface area contributed by atoms with Gasteiger partial charge >= 0.3 is 0 Å². The van der Waals surface area contributed by atoms with Gasteiger partial charge in [-0.15, -0.1) is 16.4 Å². The van der Waals surface area contributed by atoms with E-state index >= 15 is 0 Å². The predicted octanol–water partition coefficient (Wildman–Crippen LogP) is 2.82. The quantitative estimate of drug-likeness (QED) is 0.638. The summed E-state index contributed by atoms with van der Waals surface area (Å²) in [5.74, 6) is -0.812. The number of nitrogens with zero attached hydrogens (tertiary/aromatic N) is 6. The van der Waals surface area contributed by atoms with Crippen LogP contribution in [-0.4, -0.2) is 51.3 Å². The molecule has 2 aromatic heterocycles. The van der Waals surface area contributed by atoms with Crippen LogP contribution in [0.15, 0.2) is 36.5 Å². The molecule has 1 amide bonds. The Labute approximate surface area is 180 Å². The van der Waals surface area contributed by atoms with Crippen LogP contribution in [-0.2, 0) is 6.54 Å². The molecule has 1 aliphatic heterocycles. The molecule has 0 bridgehead atoms. The van der Waals surface area contributed by atoms with Gasteiger partial charge in [0.05, 0.1) is 27.6 Å². The fourth-order valence-electron chi connectivity index (χ4n) is 3.07. The molecule has 4 rings (SSSR count). The van der Waals surface area contributed by atoms with E-state index in [2.05, 4.69) is 15.6 Å². The molecule has 9 nitrogen and oxygen atoms in total. The van der Waals surface area contributed by atoms with Crippen molar-refractivity contribution in [2.75, 3.05) is 25.1 Å². The second kappa shape index (κ2) is 8.66. The molecule has 12 heteroatoms. The van der Waals surface area contributed by atoms with Gasteiger partial charge in [-0.05, 0) is 30.7 Å². The normalized spacial score (nSPS) is 15.5. The molecule has 3 aromatic rings. The first kappa shape index (κ1) is 20.7. The lowest BCUT2D eigenvalue weighted by molar-refractivity contribution is 0.0121. The minimum atomic E-state index is -0.539. The van der Waals surface area contributed by atoms with Gasteiger partial charge in [0.15, 0.2) is 5.82 Å². The fourth-order valence-corrected chi connectivity index (χ4v) is 4.03. The van der Waals surface area contributed by atoms with E-state index in [0.29, 0.717) is 33.7 Å². The Hall–Kier alpha value is -2.57. The zero-order valence-electron chi connectivity index (χ0n) is 16.0. The summed E-state index contributed by atoms with van der Waals surface area (Å²) in [5.41, 5.74) is 1.12. The number of amides is 1. The molecule has 1 aromatic carbocycles. The molecule has 0 atom stereocenters. The Balaban J connectivity index is 1.44. The van der Waals surface area contributed by atoms with E-state index in [4.69, 9.17) is 11.6 Å². The van der Waals surface area contributed by atoms with Gasteiger partial charge in [-0.1, -0.05) is 16.8 Å². The number of nitrogens with one attached hydrogen (secondary N) is 1. The minimum Gasteiger partial charge on any atom is -0.753 e. The van der Waals surface area contributed by atoms with Crippen molar-refractivity contribution in [3.63, 3.8) is 0 Å². The summed E-state index contributed by atoms with van der Waals surface area (Å²) in [7, 11) is 1.69. The molecule has 1 aliphatic rings. The van der Waals surface area contributed by atoms with Crippen molar-refractivity contribution in [3.05, 3.63) is 62.5 Å². The fraction of sp³-hybridized carbons (Fsp3) is 0.278. The van der Waals surface area contributed by atoms with Gasteiger partial charge in [0, 0.05) is 26.2 Å². The monoisotopic (exact) mass is 450 g/mol. The van der Waals surface area contributed by atoms with E-state index in [1.165, 1.54) is 44.4 Å². The maximum atomic E-state index is 14.7. The molecule has 30 heavy (non-hydrogen) atoms. The van der Waals surface area contributed by atoms with Crippen molar-refractivity contribution < 1.29 is 9.18 Å². The van der Waals surface area contributed by atoms with E-state index in [-0.39, 0.29) is 18.1 Å². The first-order valence-corrected chi connectivity index (χ1v) is 10.3. The number of thiophene rings is 1. The zero-order chi connectivity index (χ0) is 21.3. The highest BCUT2D eigenvalue weighted by Crippen LogP contribution is 2.25. The molecule has 0 unspecified atom stereocenters. The lowest BCUT2D eigenvalue weighted by atomic mass is 10.2. The van der Waals surface area contributed by atoms with Crippen LogP contribution in [0.25, 0.3) is 5.69 Å². The highest BCUT2D eigenvalue weighted by atomic mass is 35.5. The molecule has 0 saturated carbocycles. The van der Waals surface area contributed by atoms with Gasteiger partial charge < -0.3 is 15.5 Å². The number of halogens is 2. The third kappa shape index (κ3) is 4.30. The number of rotatable bonds is 5. The van der Waals surface area contributed by atoms with E-state index in [0.717, 1.165) is 11.7 Å². The summed E-state index contributed by atoms with van der Waals surface area (Å²) in [6.45, 7) is 1.30. The maximum absolute atomic E-state index is 14.7. The number of anilines is 1. The van der Waals surface area contributed by atoms with Crippen molar-refractivity contribution in [3.8, 4) is 5.69 Å². The minimum absolute atomic E-state index is 0.138. The lowest BCUT2D eigenvalue weighted by Crippen LogP contribution is -2.53. The average molecular weight is 451 g/mol. The highest BCUT2D eigenvalue weighted by Gasteiger charge is 2.19. The first-order valence-electron chi connectivity index (χ1n) is 9.13. The maximum Gasteiger partial charge on any atom is 0.261 e. The lowest BCUT2D eigenvalue weighted by Gasteiger charge is -2.50. The number of benzene rings is 1. The molecule has 3 heterocycles. The molecule has 1 N–H and O–H groups in total. The highest BCUT2D eigenvalue weighted by molar-refractivity contribution is 7.17. The molecule has 0 radical (unpaired) electrons. The average Bonchev–Trinajstić information content (AvgIpc) is 3.37. The van der Waals surface area contributed by atoms with Crippen LogP contribution in [0.4, 0.5) is 10.1 Å². The third-order valence-electron chi connectivity index (χ3n) is 4.59. The molecule has 0 spiro atoms. The van der Waals surface area contributed by atoms with Gasteiger partial charge in [-0.2, -0.15) is 0 Å². The first-order chi connectivity index (χ1) is 14.4. The number of hydrazine groups is 2. The Morgan fingerprint density at radius 3 is 2.90 bits per heavy atom. The number of carbonyl (C=O) groups is 1. The van der Waals surface area contributed by atoms with Crippen LogP contribution in [0.1, 0.15) is 21.8 Å². The summed E-state index contributed by atoms with van der Waals surface area (Å²) in [5, 5.41) is 26.6. The summed E-state index contributed by atoms with van der Waals surface area (Å²) >= 11 is 7.01. The Morgan fingerprint density at radius 1 is 1.33 bits per heavy atom. The Morgan fingerprint density at radius 2 is 2.17 bits per heavy atom. The van der Waals surface area contributed by atoms with Gasteiger partial charge in [-0.3, -0.25) is 4.79 Å². The Bertz CT molecular complexity index is 1060. The van der Waals surface area contributed by atoms with Crippen LogP contribution in [0.5, 0.6) is 0 Å². The van der Waals surface area contributed by atoms with Crippen LogP contribution in [0.3, 0.4) is 0 Å². The van der Waals surface area contributed by atoms with Gasteiger partial charge in [0.25, 0.3) is 5.91 Å². The number of hydrogen-bond acceptors (Lipinski definition) is 8. The van der Waals surface area contributed by atoms with Crippen LogP contribution in [0.2, 0.25) is 4.34 Å². The van der Waals surface area contributed by atoms with Crippen LogP contribution in [0, 0.1) is 11.0 Å². The summed E-state index contributed by atoms with van der Waals surface area (Å²) in [6.07, 6.45) is 2.34. The van der Waals surface area contributed by atoms with Crippen LogP contribution >= 0.6 is 22.9 Å². The third-order valence-corrected chi connectivity index (χ3v) is 5.82. The summed E-state index contributed by atoms with van der Waals surface area (Å²) in [6, 6.07) is 7.78. The summed E-state index contributed by atoms with van der Waals surface area (Å²) in [4.78, 5) is 12.6. The number of hydrogen-bond donors (Lipinski definition) is 1. The van der Waals surface area contributed by atoms with Crippen molar-refractivity contribution in [2.45, 2.75) is 13.0 Å². The molecular formula is C18H18ClFN7O2S-. The van der Waals surface area contributed by atoms with Crippen molar-refractivity contribution in [1.29, 1.82) is 0 Å². The second-order valence-corrected chi connectivity index (χ2v) is 8.40. The second-order valence-electron chi connectivity index (χ2n) is 6.69. The SMILES string of the molecule is CN1CCCN(c2ccc(-n3cc(CNC(=O)c4ccc(Cl)s4)nn3)c(F)c2)N1[O-]. The van der Waals surface area contributed by atoms with E-state index in [1.807, 2.05) is 0 Å². The van der Waals surface area contributed by atoms with Crippen molar-refractivity contribution in [1.82, 2.24) is 30.6 Å². The molecule has 1 fully saturated rings. The molecule has 0 aliphatic carbocycles. The van der Waals surface area contributed by atoms with Gasteiger partial charge in [0.2, 0.25) is 0 Å². The van der Waals surface area contributed by atoms with Gasteiger partial charge in [0.1, 0.15) is 11.4 Å². The molecular weight excluding hydrogens is 433 g/mol. The van der Waals surface area contributed by atoms with Crippen molar-refractivity contribution in [2.24, 2.45) is 0 Å². The van der Waals surface area contributed by atoms with Crippen molar-refractivity contribution >= 4 is 34.5 Å². The van der Waals surface area contributed by atoms with Crippen LogP contribution < -0.4 is 10.3 Å². The largest absolute Gasteiger partial charge is 0.753 e. The smallest absolute Gasteiger partial charge is 0.261 e. The number of carbonyl (C=O) groups excluding carboxylic acids is 1. The molecule has 1 saturated heterocycles. The standard InChI is InChI=1S/C18H18ClFN7O2S/c1-24-7-2-8-26(27(24)29)13-3-4-15(14(20)9-13)25-11-12(22-23-25)10-21-18(28)16-5-6-17(19)30-16/h3-6,9,11H,2,7-8,10H2,1H3,(H,21,28)/q-1. The van der Waals surface area contributed by atoms with E-state index in [9.17, 15) is 14.4 Å². The molecule has 158 valence electrons.